The van der Waals surface area contributed by atoms with E-state index in [-0.39, 0.29) is 16.9 Å². The van der Waals surface area contributed by atoms with Gasteiger partial charge in [-0.2, -0.15) is 0 Å². The highest BCUT2D eigenvalue weighted by molar-refractivity contribution is 7.80. The number of thiocarbonyl (C=S) groups is 1. The number of rotatable bonds is 5. The molecule has 0 saturated heterocycles. The zero-order valence-electron chi connectivity index (χ0n) is 11.2. The maximum atomic E-state index is 13.2. The molecule has 0 fully saturated rings. The summed E-state index contributed by atoms with van der Waals surface area (Å²) in [5.74, 6) is -0.354. The van der Waals surface area contributed by atoms with E-state index >= 15 is 0 Å². The fourth-order valence-electron chi connectivity index (χ4n) is 1.94. The summed E-state index contributed by atoms with van der Waals surface area (Å²) in [5.41, 5.74) is 8.02. The Hall–Kier alpha value is -1.78. The van der Waals surface area contributed by atoms with E-state index in [9.17, 15) is 4.39 Å². The predicted octanol–water partition coefficient (Wildman–Crippen LogP) is 3.74. The van der Waals surface area contributed by atoms with Crippen LogP contribution in [0.4, 0.5) is 4.39 Å². The lowest BCUT2D eigenvalue weighted by Crippen LogP contribution is -2.14. The van der Waals surface area contributed by atoms with Gasteiger partial charge in [0.05, 0.1) is 12.7 Å². The number of hydrogen-bond acceptors (Lipinski definition) is 2. The molecule has 0 bridgehead atoms. The lowest BCUT2D eigenvalue weighted by Gasteiger charge is -2.15. The summed E-state index contributed by atoms with van der Waals surface area (Å²) in [6.07, 6.45) is -0.0551. The molecule has 20 heavy (non-hydrogen) atoms. The van der Waals surface area contributed by atoms with Crippen LogP contribution in [0.25, 0.3) is 0 Å². The zero-order valence-corrected chi connectivity index (χ0v) is 12.0. The van der Waals surface area contributed by atoms with Crippen molar-refractivity contribution in [1.82, 2.24) is 0 Å². The lowest BCUT2D eigenvalue weighted by atomic mass is 10.1. The monoisotopic (exact) mass is 289 g/mol. The van der Waals surface area contributed by atoms with Gasteiger partial charge in [0, 0.05) is 5.56 Å². The van der Waals surface area contributed by atoms with Crippen molar-refractivity contribution < 1.29 is 9.13 Å². The van der Waals surface area contributed by atoms with Crippen molar-refractivity contribution in [3.05, 3.63) is 71.0 Å². The Morgan fingerprint density at radius 2 is 1.95 bits per heavy atom. The Kier molecular flexibility index (Phi) is 4.82. The summed E-state index contributed by atoms with van der Waals surface area (Å²) in [6.45, 7) is 2.31. The molecule has 0 aliphatic heterocycles. The SMILES string of the molecule is CC(OCc1ccc(F)cc1C(N)=S)c1ccccc1. The fourth-order valence-corrected chi connectivity index (χ4v) is 2.13. The summed E-state index contributed by atoms with van der Waals surface area (Å²) in [5, 5.41) is 0. The van der Waals surface area contributed by atoms with E-state index in [2.05, 4.69) is 0 Å². The fraction of sp³-hybridized carbons (Fsp3) is 0.188. The molecular formula is C16H16FNOS. The van der Waals surface area contributed by atoms with Crippen LogP contribution in [0, 0.1) is 5.82 Å². The summed E-state index contributed by atoms with van der Waals surface area (Å²) < 4.78 is 19.0. The van der Waals surface area contributed by atoms with Gasteiger partial charge in [-0.05, 0) is 30.2 Å². The van der Waals surface area contributed by atoms with Gasteiger partial charge < -0.3 is 10.5 Å². The van der Waals surface area contributed by atoms with Crippen LogP contribution in [0.15, 0.2) is 48.5 Å². The third-order valence-electron chi connectivity index (χ3n) is 3.10. The average Bonchev–Trinajstić information content (AvgIpc) is 2.46. The molecule has 0 aromatic heterocycles. The highest BCUT2D eigenvalue weighted by Gasteiger charge is 2.10. The molecule has 104 valence electrons. The van der Waals surface area contributed by atoms with Crippen molar-refractivity contribution in [3.8, 4) is 0 Å². The Morgan fingerprint density at radius 3 is 2.60 bits per heavy atom. The van der Waals surface area contributed by atoms with Gasteiger partial charge in [-0.15, -0.1) is 0 Å². The number of nitrogens with two attached hydrogens (primary N) is 1. The molecule has 0 amide bonds. The first-order valence-electron chi connectivity index (χ1n) is 6.32. The van der Waals surface area contributed by atoms with Crippen molar-refractivity contribution in [3.63, 3.8) is 0 Å². The molecule has 0 aliphatic rings. The van der Waals surface area contributed by atoms with Crippen molar-refractivity contribution in [1.29, 1.82) is 0 Å². The zero-order chi connectivity index (χ0) is 14.5. The van der Waals surface area contributed by atoms with Gasteiger partial charge in [-0.1, -0.05) is 48.6 Å². The van der Waals surface area contributed by atoms with Crippen molar-refractivity contribution in [2.24, 2.45) is 5.73 Å². The predicted molar refractivity (Wildman–Crippen MR) is 81.9 cm³/mol. The Bertz CT molecular complexity index is 601. The first-order chi connectivity index (χ1) is 9.58. The minimum Gasteiger partial charge on any atom is -0.389 e. The lowest BCUT2D eigenvalue weighted by molar-refractivity contribution is 0.0524. The summed E-state index contributed by atoms with van der Waals surface area (Å²) in [6, 6.07) is 14.3. The van der Waals surface area contributed by atoms with Crippen LogP contribution in [-0.4, -0.2) is 4.99 Å². The molecule has 0 radical (unpaired) electrons. The summed E-state index contributed by atoms with van der Waals surface area (Å²) in [7, 11) is 0. The van der Waals surface area contributed by atoms with Crippen LogP contribution in [0.1, 0.15) is 29.7 Å². The second-order valence-electron chi connectivity index (χ2n) is 4.53. The molecule has 0 aliphatic carbocycles. The minimum atomic E-state index is -0.354. The highest BCUT2D eigenvalue weighted by atomic mass is 32.1. The van der Waals surface area contributed by atoms with E-state index in [0.717, 1.165) is 11.1 Å². The third kappa shape index (κ3) is 3.62. The Morgan fingerprint density at radius 1 is 1.25 bits per heavy atom. The molecule has 0 saturated carbocycles. The van der Waals surface area contributed by atoms with Gasteiger partial charge in [0.2, 0.25) is 0 Å². The molecule has 1 atom stereocenters. The smallest absolute Gasteiger partial charge is 0.123 e. The number of benzene rings is 2. The third-order valence-corrected chi connectivity index (χ3v) is 3.32. The van der Waals surface area contributed by atoms with E-state index in [1.807, 2.05) is 37.3 Å². The molecule has 1 unspecified atom stereocenters. The van der Waals surface area contributed by atoms with Gasteiger partial charge in [-0.25, -0.2) is 4.39 Å². The molecule has 0 spiro atoms. The Labute approximate surface area is 123 Å². The van der Waals surface area contributed by atoms with E-state index in [0.29, 0.717) is 12.2 Å². The van der Waals surface area contributed by atoms with Crippen LogP contribution in [-0.2, 0) is 11.3 Å². The normalized spacial score (nSPS) is 12.1. The molecule has 2 N–H and O–H groups in total. The number of halogens is 1. The van der Waals surface area contributed by atoms with Gasteiger partial charge in [-0.3, -0.25) is 0 Å². The first-order valence-corrected chi connectivity index (χ1v) is 6.73. The average molecular weight is 289 g/mol. The van der Waals surface area contributed by atoms with E-state index < -0.39 is 0 Å². The number of ether oxygens (including phenoxy) is 1. The van der Waals surface area contributed by atoms with Crippen LogP contribution in [0.5, 0.6) is 0 Å². The minimum absolute atomic E-state index is 0.0551. The standard InChI is InChI=1S/C16H16FNOS/c1-11(12-5-3-2-4-6-12)19-10-13-7-8-14(17)9-15(13)16(18)20/h2-9,11H,10H2,1H3,(H2,18,20). The Balaban J connectivity index is 2.09. The highest BCUT2D eigenvalue weighted by Crippen LogP contribution is 2.20. The quantitative estimate of drug-likeness (QED) is 0.852. The van der Waals surface area contributed by atoms with Crippen molar-refractivity contribution in [2.45, 2.75) is 19.6 Å². The van der Waals surface area contributed by atoms with Gasteiger partial charge in [0.1, 0.15) is 10.8 Å². The molecule has 2 nitrogen and oxygen atoms in total. The van der Waals surface area contributed by atoms with Crippen molar-refractivity contribution >= 4 is 17.2 Å². The molecule has 0 heterocycles. The molecule has 2 aromatic rings. The maximum Gasteiger partial charge on any atom is 0.123 e. The molecular weight excluding hydrogens is 273 g/mol. The maximum absolute atomic E-state index is 13.2. The molecule has 2 rings (SSSR count). The molecule has 4 heteroatoms. The molecule has 2 aromatic carbocycles. The van der Waals surface area contributed by atoms with Crippen molar-refractivity contribution in [2.75, 3.05) is 0 Å². The van der Waals surface area contributed by atoms with Gasteiger partial charge in [0.25, 0.3) is 0 Å². The van der Waals surface area contributed by atoms with Gasteiger partial charge in [0.15, 0.2) is 0 Å². The summed E-state index contributed by atoms with van der Waals surface area (Å²) >= 11 is 4.94. The largest absolute Gasteiger partial charge is 0.389 e. The number of hydrogen-bond donors (Lipinski definition) is 1. The van der Waals surface area contributed by atoms with E-state index in [1.165, 1.54) is 12.1 Å². The first kappa shape index (κ1) is 14.6. The van der Waals surface area contributed by atoms with Crippen LogP contribution < -0.4 is 5.73 Å². The topological polar surface area (TPSA) is 35.2 Å². The van der Waals surface area contributed by atoms with Crippen LogP contribution in [0.3, 0.4) is 0 Å². The van der Waals surface area contributed by atoms with Crippen LogP contribution >= 0.6 is 12.2 Å². The second-order valence-corrected chi connectivity index (χ2v) is 4.97. The van der Waals surface area contributed by atoms with Crippen LogP contribution in [0.2, 0.25) is 0 Å². The second kappa shape index (κ2) is 6.59. The summed E-state index contributed by atoms with van der Waals surface area (Å²) in [4.78, 5) is 0.176. The van der Waals surface area contributed by atoms with E-state index in [4.69, 9.17) is 22.7 Å². The van der Waals surface area contributed by atoms with Gasteiger partial charge >= 0.3 is 0 Å². The van der Waals surface area contributed by atoms with E-state index in [1.54, 1.807) is 6.07 Å².